The second-order valence-electron chi connectivity index (χ2n) is 6.98. The van der Waals surface area contributed by atoms with Gasteiger partial charge in [0.2, 0.25) is 0 Å². The quantitative estimate of drug-likeness (QED) is 0.324. The van der Waals surface area contributed by atoms with Crippen LogP contribution in [0.5, 0.6) is 0 Å². The Balaban J connectivity index is 0.00000300. The normalized spacial score (nSPS) is 15.0. The summed E-state index contributed by atoms with van der Waals surface area (Å²) >= 11 is 1.82. The number of piperidine rings is 1. The number of aromatic nitrogens is 1. The van der Waals surface area contributed by atoms with E-state index >= 15 is 0 Å². The third-order valence-electron chi connectivity index (χ3n) is 5.23. The highest BCUT2D eigenvalue weighted by Crippen LogP contribution is 2.24. The van der Waals surface area contributed by atoms with Crippen LogP contribution < -0.4 is 20.4 Å². The van der Waals surface area contributed by atoms with Gasteiger partial charge in [0.25, 0.3) is 0 Å². The highest BCUT2D eigenvalue weighted by atomic mass is 127. The Morgan fingerprint density at radius 1 is 1.24 bits per heavy atom. The number of pyridine rings is 1. The van der Waals surface area contributed by atoms with Crippen LogP contribution in [-0.4, -0.2) is 50.2 Å². The smallest absolute Gasteiger partial charge is 0.191 e. The van der Waals surface area contributed by atoms with Crippen LogP contribution >= 0.6 is 35.3 Å². The molecule has 8 heteroatoms. The van der Waals surface area contributed by atoms with E-state index in [0.29, 0.717) is 6.04 Å². The predicted molar refractivity (Wildman–Crippen MR) is 136 cm³/mol. The highest BCUT2D eigenvalue weighted by Gasteiger charge is 2.20. The number of hydrogen-bond donors (Lipinski definition) is 2. The Bertz CT molecular complexity index is 722. The van der Waals surface area contributed by atoms with Crippen molar-refractivity contribution in [1.29, 1.82) is 0 Å². The first-order valence-electron chi connectivity index (χ1n) is 10.2. The van der Waals surface area contributed by atoms with Crippen LogP contribution in [0.15, 0.2) is 40.8 Å². The minimum Gasteiger partial charge on any atom is -0.363 e. The Kier molecular flexibility index (Phi) is 9.99. The van der Waals surface area contributed by atoms with E-state index in [2.05, 4.69) is 73.9 Å². The molecule has 1 aliphatic heterocycles. The summed E-state index contributed by atoms with van der Waals surface area (Å²) in [6.45, 7) is 9.16. The second-order valence-corrected chi connectivity index (χ2v) is 7.91. The lowest BCUT2D eigenvalue weighted by Crippen LogP contribution is -2.48. The fourth-order valence-electron chi connectivity index (χ4n) is 3.52. The van der Waals surface area contributed by atoms with Crippen molar-refractivity contribution in [3.05, 3.63) is 41.4 Å². The largest absolute Gasteiger partial charge is 0.363 e. The molecule has 0 saturated carbocycles. The van der Waals surface area contributed by atoms with Crippen molar-refractivity contribution in [2.45, 2.75) is 39.3 Å². The lowest BCUT2D eigenvalue weighted by Gasteiger charge is -2.33. The van der Waals surface area contributed by atoms with Crippen LogP contribution in [0.25, 0.3) is 0 Å². The van der Waals surface area contributed by atoms with Gasteiger partial charge in [-0.25, -0.2) is 4.98 Å². The molecule has 0 bridgehead atoms. The number of aliphatic imine (C=N–C) groups is 1. The van der Waals surface area contributed by atoms with Crippen LogP contribution in [0.1, 0.15) is 32.3 Å². The molecule has 0 radical (unpaired) electrons. The molecule has 1 aliphatic rings. The van der Waals surface area contributed by atoms with Gasteiger partial charge in [-0.15, -0.1) is 35.3 Å². The average Bonchev–Trinajstić information content (AvgIpc) is 3.28. The molecule has 0 aromatic carbocycles. The number of guanidine groups is 1. The summed E-state index contributed by atoms with van der Waals surface area (Å²) in [6, 6.07) is 9.03. The van der Waals surface area contributed by atoms with Crippen LogP contribution in [0.4, 0.5) is 10.8 Å². The van der Waals surface area contributed by atoms with Gasteiger partial charge in [0.05, 0.1) is 5.00 Å². The number of halogens is 1. The zero-order valence-corrected chi connectivity index (χ0v) is 20.7. The molecule has 2 aromatic heterocycles. The Hall–Kier alpha value is -1.55. The van der Waals surface area contributed by atoms with E-state index in [9.17, 15) is 0 Å². The van der Waals surface area contributed by atoms with Crippen molar-refractivity contribution >= 4 is 52.1 Å². The average molecular weight is 529 g/mol. The molecule has 0 atom stereocenters. The maximum atomic E-state index is 4.59. The van der Waals surface area contributed by atoms with E-state index in [-0.39, 0.29) is 24.0 Å². The Morgan fingerprint density at radius 3 is 2.55 bits per heavy atom. The molecule has 1 saturated heterocycles. The first kappa shape index (κ1) is 23.7. The lowest BCUT2D eigenvalue weighted by molar-refractivity contribution is 0.463. The van der Waals surface area contributed by atoms with Gasteiger partial charge >= 0.3 is 0 Å². The van der Waals surface area contributed by atoms with Gasteiger partial charge in [-0.3, -0.25) is 4.99 Å². The molecule has 1 fully saturated rings. The molecular formula is C21H33IN6S. The third-order valence-corrected chi connectivity index (χ3v) is 6.16. The van der Waals surface area contributed by atoms with Crippen LogP contribution in [0.2, 0.25) is 0 Å². The van der Waals surface area contributed by atoms with Crippen molar-refractivity contribution in [3.63, 3.8) is 0 Å². The maximum Gasteiger partial charge on any atom is 0.191 e. The number of nitrogens with zero attached hydrogens (tertiary/aromatic N) is 4. The summed E-state index contributed by atoms with van der Waals surface area (Å²) in [5, 5.41) is 10.5. The van der Waals surface area contributed by atoms with Gasteiger partial charge < -0.3 is 20.4 Å². The van der Waals surface area contributed by atoms with Gasteiger partial charge in [0.15, 0.2) is 5.96 Å². The van der Waals surface area contributed by atoms with Crippen molar-refractivity contribution in [1.82, 2.24) is 15.6 Å². The molecule has 3 heterocycles. The van der Waals surface area contributed by atoms with Crippen molar-refractivity contribution in [2.24, 2.45) is 4.99 Å². The molecule has 0 spiro atoms. The van der Waals surface area contributed by atoms with Crippen molar-refractivity contribution in [3.8, 4) is 0 Å². The van der Waals surface area contributed by atoms with Gasteiger partial charge in [-0.05, 0) is 55.8 Å². The van der Waals surface area contributed by atoms with E-state index < -0.39 is 0 Å². The first-order valence-corrected chi connectivity index (χ1v) is 11.1. The molecule has 160 valence electrons. The predicted octanol–water partition coefficient (Wildman–Crippen LogP) is 3.94. The molecule has 29 heavy (non-hydrogen) atoms. The number of nitrogens with one attached hydrogen (secondary N) is 2. The first-order chi connectivity index (χ1) is 13.7. The zero-order chi connectivity index (χ0) is 19.8. The molecule has 2 aromatic rings. The maximum absolute atomic E-state index is 4.59. The third kappa shape index (κ3) is 6.74. The number of rotatable bonds is 7. The standard InChI is InChI=1S/C21H32N6S.HI/c1-4-26(5-2)19-9-8-17(15-23-19)16-24-21(22-3)25-18-10-12-27(13-11-18)20-7-6-14-28-20;/h6-9,14-15,18H,4-5,10-13,16H2,1-3H3,(H2,22,24,25);1H. The van der Waals surface area contributed by atoms with Crippen LogP contribution in [0, 0.1) is 0 Å². The van der Waals surface area contributed by atoms with Gasteiger partial charge in [0, 0.05) is 52.0 Å². The Labute approximate surface area is 195 Å². The number of anilines is 2. The molecule has 0 amide bonds. The van der Waals surface area contributed by atoms with E-state index in [1.165, 1.54) is 5.00 Å². The Morgan fingerprint density at radius 2 is 2.00 bits per heavy atom. The molecule has 0 aliphatic carbocycles. The zero-order valence-electron chi connectivity index (χ0n) is 17.6. The number of hydrogen-bond acceptors (Lipinski definition) is 5. The molecular weight excluding hydrogens is 495 g/mol. The van der Waals surface area contributed by atoms with E-state index in [1.807, 2.05) is 24.6 Å². The number of thiophene rings is 1. The fourth-order valence-corrected chi connectivity index (χ4v) is 4.31. The van der Waals surface area contributed by atoms with Crippen LogP contribution in [-0.2, 0) is 6.54 Å². The van der Waals surface area contributed by atoms with Crippen LogP contribution in [0.3, 0.4) is 0 Å². The molecule has 0 unspecified atom stereocenters. The SMILES string of the molecule is CCN(CC)c1ccc(CNC(=NC)NC2CCN(c3cccs3)CC2)cn1.I. The summed E-state index contributed by atoms with van der Waals surface area (Å²) < 4.78 is 0. The minimum absolute atomic E-state index is 0. The molecule has 3 rings (SSSR count). The minimum atomic E-state index is 0. The van der Waals surface area contributed by atoms with Gasteiger partial charge in [0.1, 0.15) is 5.82 Å². The summed E-state index contributed by atoms with van der Waals surface area (Å²) in [6.07, 6.45) is 4.20. The lowest BCUT2D eigenvalue weighted by atomic mass is 10.1. The van der Waals surface area contributed by atoms with Crippen molar-refractivity contribution in [2.75, 3.05) is 43.0 Å². The van der Waals surface area contributed by atoms with E-state index in [0.717, 1.165) is 62.9 Å². The van der Waals surface area contributed by atoms with Crippen molar-refractivity contribution < 1.29 is 0 Å². The summed E-state index contributed by atoms with van der Waals surface area (Å²) in [5.74, 6) is 1.90. The van der Waals surface area contributed by atoms with Gasteiger partial charge in [-0.1, -0.05) is 6.07 Å². The summed E-state index contributed by atoms with van der Waals surface area (Å²) in [7, 11) is 1.83. The van der Waals surface area contributed by atoms with E-state index in [1.54, 1.807) is 0 Å². The topological polar surface area (TPSA) is 55.8 Å². The molecule has 6 nitrogen and oxygen atoms in total. The highest BCUT2D eigenvalue weighted by molar-refractivity contribution is 14.0. The van der Waals surface area contributed by atoms with E-state index in [4.69, 9.17) is 0 Å². The second kappa shape index (κ2) is 12.2. The molecule has 2 N–H and O–H groups in total. The fraction of sp³-hybridized carbons (Fsp3) is 0.524. The summed E-state index contributed by atoms with van der Waals surface area (Å²) in [4.78, 5) is 13.7. The monoisotopic (exact) mass is 528 g/mol. The summed E-state index contributed by atoms with van der Waals surface area (Å²) in [5.41, 5.74) is 1.16. The van der Waals surface area contributed by atoms with Gasteiger partial charge in [-0.2, -0.15) is 0 Å².